The molecule has 0 saturated carbocycles. The molecule has 3 heteroatoms. The summed E-state index contributed by atoms with van der Waals surface area (Å²) in [6.07, 6.45) is 2.78. The van der Waals surface area contributed by atoms with Crippen LogP contribution < -0.4 is 11.1 Å². The lowest BCUT2D eigenvalue weighted by atomic mass is 9.85. The molecule has 1 amide bonds. The minimum atomic E-state index is -0.178. The van der Waals surface area contributed by atoms with E-state index in [1.54, 1.807) is 0 Å². The van der Waals surface area contributed by atoms with Crippen molar-refractivity contribution in [3.8, 4) is 0 Å². The number of nitrogens with two attached hydrogens (primary N) is 1. The molecule has 20 heavy (non-hydrogen) atoms. The normalized spacial score (nSPS) is 22.8. The van der Waals surface area contributed by atoms with Gasteiger partial charge in [-0.2, -0.15) is 0 Å². The highest BCUT2D eigenvalue weighted by Crippen LogP contribution is 2.24. The summed E-state index contributed by atoms with van der Waals surface area (Å²) in [6.45, 7) is 0.971. The highest BCUT2D eigenvalue weighted by atomic mass is 16.1. The zero-order valence-electron chi connectivity index (χ0n) is 11.5. The molecular formula is C17H20N2O. The lowest BCUT2D eigenvalue weighted by Crippen LogP contribution is -2.48. The Labute approximate surface area is 119 Å². The first-order chi connectivity index (χ1) is 9.75. The molecule has 0 aromatic heterocycles. The first-order valence-corrected chi connectivity index (χ1v) is 7.25. The van der Waals surface area contributed by atoms with E-state index >= 15 is 0 Å². The van der Waals surface area contributed by atoms with Crippen molar-refractivity contribution in [3.63, 3.8) is 0 Å². The predicted molar refractivity (Wildman–Crippen MR) is 81.4 cm³/mol. The summed E-state index contributed by atoms with van der Waals surface area (Å²) in [6, 6.07) is 14.9. The Hall–Kier alpha value is -1.87. The van der Waals surface area contributed by atoms with Crippen molar-refractivity contribution >= 4 is 16.7 Å². The van der Waals surface area contributed by atoms with Gasteiger partial charge in [-0.3, -0.25) is 4.79 Å². The Balaban J connectivity index is 1.90. The number of fused-ring (bicyclic) bond motifs is 1. The molecule has 1 fully saturated rings. The smallest absolute Gasteiger partial charge is 0.222 e. The van der Waals surface area contributed by atoms with Crippen LogP contribution in [-0.4, -0.2) is 18.5 Å². The third kappa shape index (κ3) is 2.54. The second kappa shape index (κ2) is 5.63. The summed E-state index contributed by atoms with van der Waals surface area (Å²) >= 11 is 0. The summed E-state index contributed by atoms with van der Waals surface area (Å²) in [5, 5.41) is 5.98. The maximum Gasteiger partial charge on any atom is 0.222 e. The van der Waals surface area contributed by atoms with Crippen LogP contribution >= 0.6 is 0 Å². The van der Waals surface area contributed by atoms with Gasteiger partial charge in [-0.15, -0.1) is 0 Å². The van der Waals surface area contributed by atoms with E-state index in [1.807, 2.05) is 0 Å². The predicted octanol–water partition coefficient (Wildman–Crippen LogP) is 2.24. The summed E-state index contributed by atoms with van der Waals surface area (Å²) in [7, 11) is 0. The van der Waals surface area contributed by atoms with E-state index in [0.29, 0.717) is 0 Å². The van der Waals surface area contributed by atoms with Crippen molar-refractivity contribution in [1.82, 2.24) is 5.32 Å². The summed E-state index contributed by atoms with van der Waals surface area (Å²) in [5.41, 5.74) is 6.83. The van der Waals surface area contributed by atoms with Crippen LogP contribution in [0.15, 0.2) is 42.5 Å². The zero-order valence-corrected chi connectivity index (χ0v) is 11.5. The molecule has 0 radical (unpaired) electrons. The molecule has 0 bridgehead atoms. The summed E-state index contributed by atoms with van der Waals surface area (Å²) in [4.78, 5) is 11.6. The Morgan fingerprint density at radius 1 is 1.20 bits per heavy atom. The van der Waals surface area contributed by atoms with Gasteiger partial charge >= 0.3 is 0 Å². The Kier molecular flexibility index (Phi) is 3.70. The molecule has 2 unspecified atom stereocenters. The van der Waals surface area contributed by atoms with Crippen molar-refractivity contribution in [2.75, 3.05) is 6.54 Å². The lowest BCUT2D eigenvalue weighted by molar-refractivity contribution is -0.123. The number of hydrogen-bond donors (Lipinski definition) is 2. The van der Waals surface area contributed by atoms with Gasteiger partial charge in [0.2, 0.25) is 5.91 Å². The standard InChI is InChI=1S/C17H20N2O/c18-17(20)15-9-4-10-19-16(15)11-13-7-3-6-12-5-1-2-8-14(12)13/h1-3,5-8,15-16,19H,4,9-11H2,(H2,18,20). The minimum Gasteiger partial charge on any atom is -0.369 e. The number of rotatable bonds is 3. The van der Waals surface area contributed by atoms with E-state index in [4.69, 9.17) is 5.73 Å². The minimum absolute atomic E-state index is 0.0530. The number of carbonyl (C=O) groups excluding carboxylic acids is 1. The number of hydrogen-bond acceptors (Lipinski definition) is 2. The average Bonchev–Trinajstić information content (AvgIpc) is 2.48. The van der Waals surface area contributed by atoms with Gasteiger partial charge in [0, 0.05) is 6.04 Å². The molecule has 1 aliphatic heterocycles. The van der Waals surface area contributed by atoms with E-state index < -0.39 is 0 Å². The van der Waals surface area contributed by atoms with Crippen LogP contribution in [0.2, 0.25) is 0 Å². The van der Waals surface area contributed by atoms with Crippen LogP contribution in [-0.2, 0) is 11.2 Å². The number of piperidine rings is 1. The van der Waals surface area contributed by atoms with Crippen molar-refractivity contribution in [1.29, 1.82) is 0 Å². The fourth-order valence-electron chi connectivity index (χ4n) is 3.22. The molecule has 104 valence electrons. The second-order valence-electron chi connectivity index (χ2n) is 5.55. The number of nitrogens with one attached hydrogen (secondary N) is 1. The fourth-order valence-corrected chi connectivity index (χ4v) is 3.22. The first-order valence-electron chi connectivity index (χ1n) is 7.25. The van der Waals surface area contributed by atoms with Gasteiger partial charge in [0.25, 0.3) is 0 Å². The first kappa shape index (κ1) is 13.1. The van der Waals surface area contributed by atoms with Gasteiger partial charge in [-0.1, -0.05) is 42.5 Å². The van der Waals surface area contributed by atoms with E-state index in [2.05, 4.69) is 47.8 Å². The van der Waals surface area contributed by atoms with Crippen molar-refractivity contribution in [2.24, 2.45) is 11.7 Å². The van der Waals surface area contributed by atoms with Crippen LogP contribution in [0.3, 0.4) is 0 Å². The molecule has 1 saturated heterocycles. The molecule has 1 heterocycles. The monoisotopic (exact) mass is 268 g/mol. The van der Waals surface area contributed by atoms with E-state index in [9.17, 15) is 4.79 Å². The molecule has 0 spiro atoms. The number of carbonyl (C=O) groups is 1. The van der Waals surface area contributed by atoms with Crippen LogP contribution in [0, 0.1) is 5.92 Å². The highest BCUT2D eigenvalue weighted by molar-refractivity contribution is 5.86. The van der Waals surface area contributed by atoms with Gasteiger partial charge in [0.05, 0.1) is 5.92 Å². The number of amides is 1. The van der Waals surface area contributed by atoms with Crippen LogP contribution in [0.4, 0.5) is 0 Å². The molecule has 2 aromatic carbocycles. The Morgan fingerprint density at radius 2 is 2.00 bits per heavy atom. The fraction of sp³-hybridized carbons (Fsp3) is 0.353. The molecule has 3 rings (SSSR count). The van der Waals surface area contributed by atoms with Gasteiger partial charge in [-0.25, -0.2) is 0 Å². The number of benzene rings is 2. The third-order valence-electron chi connectivity index (χ3n) is 4.27. The molecule has 3 nitrogen and oxygen atoms in total. The number of primary amides is 1. The Bertz CT molecular complexity index is 618. The van der Waals surface area contributed by atoms with Crippen molar-refractivity contribution in [2.45, 2.75) is 25.3 Å². The second-order valence-corrected chi connectivity index (χ2v) is 5.55. The lowest BCUT2D eigenvalue weighted by Gasteiger charge is -2.31. The van der Waals surface area contributed by atoms with Crippen LogP contribution in [0.1, 0.15) is 18.4 Å². The largest absolute Gasteiger partial charge is 0.369 e. The maximum atomic E-state index is 11.6. The molecule has 1 aliphatic rings. The zero-order chi connectivity index (χ0) is 13.9. The topological polar surface area (TPSA) is 55.1 Å². The van der Waals surface area contributed by atoms with E-state index in [-0.39, 0.29) is 17.9 Å². The van der Waals surface area contributed by atoms with E-state index in [0.717, 1.165) is 25.8 Å². The third-order valence-corrected chi connectivity index (χ3v) is 4.27. The quantitative estimate of drug-likeness (QED) is 0.897. The maximum absolute atomic E-state index is 11.6. The molecule has 3 N–H and O–H groups in total. The molecule has 0 aliphatic carbocycles. The van der Waals surface area contributed by atoms with Crippen LogP contribution in [0.5, 0.6) is 0 Å². The average molecular weight is 268 g/mol. The SMILES string of the molecule is NC(=O)C1CCCNC1Cc1cccc2ccccc12. The van der Waals surface area contributed by atoms with Crippen LogP contribution in [0.25, 0.3) is 10.8 Å². The molecule has 2 aromatic rings. The Morgan fingerprint density at radius 3 is 2.85 bits per heavy atom. The van der Waals surface area contributed by atoms with Gasteiger partial charge in [0.1, 0.15) is 0 Å². The van der Waals surface area contributed by atoms with E-state index in [1.165, 1.54) is 16.3 Å². The molecular weight excluding hydrogens is 248 g/mol. The van der Waals surface area contributed by atoms with Crippen molar-refractivity contribution < 1.29 is 4.79 Å². The molecule has 2 atom stereocenters. The van der Waals surface area contributed by atoms with Gasteiger partial charge in [-0.05, 0) is 42.1 Å². The van der Waals surface area contributed by atoms with Gasteiger partial charge in [0.15, 0.2) is 0 Å². The summed E-state index contributed by atoms with van der Waals surface area (Å²) < 4.78 is 0. The van der Waals surface area contributed by atoms with Crippen molar-refractivity contribution in [3.05, 3.63) is 48.0 Å². The van der Waals surface area contributed by atoms with Gasteiger partial charge < -0.3 is 11.1 Å². The summed E-state index contributed by atoms with van der Waals surface area (Å²) in [5.74, 6) is -0.231. The highest BCUT2D eigenvalue weighted by Gasteiger charge is 2.29.